The van der Waals surface area contributed by atoms with Crippen molar-refractivity contribution >= 4 is 5.84 Å². The molecule has 3 heteroatoms. The van der Waals surface area contributed by atoms with E-state index in [4.69, 9.17) is 10.1 Å². The van der Waals surface area contributed by atoms with Crippen LogP contribution in [0.5, 0.6) is 0 Å². The van der Waals surface area contributed by atoms with Gasteiger partial charge in [0, 0.05) is 31.5 Å². The predicted molar refractivity (Wildman–Crippen MR) is 56.6 cm³/mol. The Kier molecular flexibility index (Phi) is 2.30. The molecule has 0 aromatic carbocycles. The summed E-state index contributed by atoms with van der Waals surface area (Å²) >= 11 is 0. The third-order valence-electron chi connectivity index (χ3n) is 3.95. The molecule has 0 aromatic heterocycles. The van der Waals surface area contributed by atoms with Crippen molar-refractivity contribution < 1.29 is 4.74 Å². The van der Waals surface area contributed by atoms with Gasteiger partial charge in [-0.2, -0.15) is 0 Å². The largest absolute Gasteiger partial charge is 0.381 e. The Labute approximate surface area is 85.9 Å². The number of ether oxygens (including phenoxy) is 1. The SMILES string of the molecule is COC1CC(N2CCCC2=N)C1(C)C. The molecule has 2 rings (SSSR count). The lowest BCUT2D eigenvalue weighted by Gasteiger charge is -2.55. The maximum absolute atomic E-state index is 7.86. The van der Waals surface area contributed by atoms with Crippen LogP contribution in [0.3, 0.4) is 0 Å². The molecule has 1 aliphatic heterocycles. The summed E-state index contributed by atoms with van der Waals surface area (Å²) in [4.78, 5) is 2.27. The van der Waals surface area contributed by atoms with Crippen molar-refractivity contribution in [3.8, 4) is 0 Å². The van der Waals surface area contributed by atoms with E-state index < -0.39 is 0 Å². The van der Waals surface area contributed by atoms with Gasteiger partial charge < -0.3 is 9.64 Å². The molecule has 1 heterocycles. The highest BCUT2D eigenvalue weighted by Gasteiger charge is 2.52. The van der Waals surface area contributed by atoms with Crippen LogP contribution in [0.1, 0.15) is 33.1 Å². The normalized spacial score (nSPS) is 35.9. The van der Waals surface area contributed by atoms with Crippen LogP contribution in [0.4, 0.5) is 0 Å². The molecule has 14 heavy (non-hydrogen) atoms. The molecule has 1 saturated carbocycles. The molecule has 1 aliphatic carbocycles. The highest BCUT2D eigenvalue weighted by molar-refractivity contribution is 5.81. The number of hydrogen-bond donors (Lipinski definition) is 1. The summed E-state index contributed by atoms with van der Waals surface area (Å²) in [5, 5.41) is 7.86. The molecule has 0 amide bonds. The minimum atomic E-state index is 0.214. The summed E-state index contributed by atoms with van der Waals surface area (Å²) in [7, 11) is 1.79. The quantitative estimate of drug-likeness (QED) is 0.732. The second kappa shape index (κ2) is 3.23. The summed E-state index contributed by atoms with van der Waals surface area (Å²) in [5.41, 5.74) is 0.214. The first-order valence-electron chi connectivity index (χ1n) is 5.44. The van der Waals surface area contributed by atoms with Gasteiger partial charge in [-0.25, -0.2) is 0 Å². The zero-order valence-electron chi connectivity index (χ0n) is 9.34. The Morgan fingerprint density at radius 2 is 2.21 bits per heavy atom. The summed E-state index contributed by atoms with van der Waals surface area (Å²) in [6.45, 7) is 5.57. The Hall–Kier alpha value is -0.570. The predicted octanol–water partition coefficient (Wildman–Crippen LogP) is 1.87. The summed E-state index contributed by atoms with van der Waals surface area (Å²) in [6, 6.07) is 0.530. The van der Waals surface area contributed by atoms with Gasteiger partial charge in [0.05, 0.1) is 11.9 Å². The Bertz CT molecular complexity index is 250. The van der Waals surface area contributed by atoms with Crippen molar-refractivity contribution in [1.82, 2.24) is 4.90 Å². The molecule has 2 aliphatic rings. The fraction of sp³-hybridized carbons (Fsp3) is 0.909. The average Bonchev–Trinajstić information content (AvgIpc) is 2.51. The first-order valence-corrected chi connectivity index (χ1v) is 5.44. The van der Waals surface area contributed by atoms with E-state index in [2.05, 4.69) is 18.7 Å². The molecule has 0 spiro atoms. The van der Waals surface area contributed by atoms with Gasteiger partial charge in [0.15, 0.2) is 0 Å². The molecule has 2 atom stereocenters. The van der Waals surface area contributed by atoms with E-state index in [0.717, 1.165) is 31.6 Å². The van der Waals surface area contributed by atoms with Gasteiger partial charge in [-0.15, -0.1) is 0 Å². The van der Waals surface area contributed by atoms with Crippen molar-refractivity contribution in [2.75, 3.05) is 13.7 Å². The molecular weight excluding hydrogens is 176 g/mol. The van der Waals surface area contributed by atoms with Crippen LogP contribution in [-0.4, -0.2) is 36.5 Å². The molecule has 0 radical (unpaired) electrons. The summed E-state index contributed by atoms with van der Waals surface area (Å²) < 4.78 is 5.43. The van der Waals surface area contributed by atoms with E-state index >= 15 is 0 Å². The molecule has 1 saturated heterocycles. The number of methoxy groups -OCH3 is 1. The van der Waals surface area contributed by atoms with Crippen LogP contribution in [-0.2, 0) is 4.74 Å². The van der Waals surface area contributed by atoms with Crippen LogP contribution >= 0.6 is 0 Å². The Balaban J connectivity index is 2.04. The molecule has 2 unspecified atom stereocenters. The van der Waals surface area contributed by atoms with Crippen LogP contribution in [0.15, 0.2) is 0 Å². The van der Waals surface area contributed by atoms with Gasteiger partial charge >= 0.3 is 0 Å². The van der Waals surface area contributed by atoms with Gasteiger partial charge in [0.1, 0.15) is 0 Å². The average molecular weight is 196 g/mol. The third-order valence-corrected chi connectivity index (χ3v) is 3.95. The minimum absolute atomic E-state index is 0.214. The molecule has 0 bridgehead atoms. The van der Waals surface area contributed by atoms with E-state index in [-0.39, 0.29) is 5.41 Å². The standard InChI is InChI=1S/C11H20N2O/c1-11(2)8(7-9(11)14-3)13-6-4-5-10(13)12/h8-9,12H,4-7H2,1-3H3. The summed E-state index contributed by atoms with van der Waals surface area (Å²) in [5.74, 6) is 0.831. The van der Waals surface area contributed by atoms with Crippen LogP contribution < -0.4 is 0 Å². The lowest BCUT2D eigenvalue weighted by atomic mass is 9.64. The Morgan fingerprint density at radius 3 is 2.64 bits per heavy atom. The zero-order chi connectivity index (χ0) is 10.3. The van der Waals surface area contributed by atoms with Crippen molar-refractivity contribution in [2.45, 2.75) is 45.3 Å². The van der Waals surface area contributed by atoms with Gasteiger partial charge in [-0.3, -0.25) is 5.41 Å². The van der Waals surface area contributed by atoms with Crippen molar-refractivity contribution in [1.29, 1.82) is 5.41 Å². The number of rotatable bonds is 2. The first-order chi connectivity index (χ1) is 6.57. The van der Waals surface area contributed by atoms with Gasteiger partial charge in [-0.1, -0.05) is 13.8 Å². The van der Waals surface area contributed by atoms with Crippen LogP contribution in [0, 0.1) is 10.8 Å². The van der Waals surface area contributed by atoms with Crippen LogP contribution in [0.25, 0.3) is 0 Å². The number of nitrogens with zero attached hydrogens (tertiary/aromatic N) is 1. The lowest BCUT2D eigenvalue weighted by Crippen LogP contribution is -2.62. The third kappa shape index (κ3) is 1.26. The van der Waals surface area contributed by atoms with E-state index in [1.54, 1.807) is 7.11 Å². The summed E-state index contributed by atoms with van der Waals surface area (Å²) in [6.07, 6.45) is 3.58. The van der Waals surface area contributed by atoms with E-state index in [9.17, 15) is 0 Å². The highest BCUT2D eigenvalue weighted by atomic mass is 16.5. The number of nitrogens with one attached hydrogen (secondary N) is 1. The number of amidine groups is 1. The van der Waals surface area contributed by atoms with Crippen LogP contribution in [0.2, 0.25) is 0 Å². The zero-order valence-corrected chi connectivity index (χ0v) is 9.34. The molecule has 80 valence electrons. The second-order valence-corrected chi connectivity index (χ2v) is 5.04. The van der Waals surface area contributed by atoms with Gasteiger partial charge in [0.25, 0.3) is 0 Å². The second-order valence-electron chi connectivity index (χ2n) is 5.04. The van der Waals surface area contributed by atoms with E-state index in [1.165, 1.54) is 0 Å². The molecule has 2 fully saturated rings. The van der Waals surface area contributed by atoms with Crippen molar-refractivity contribution in [2.24, 2.45) is 5.41 Å². The fourth-order valence-electron chi connectivity index (χ4n) is 2.83. The topological polar surface area (TPSA) is 36.3 Å². The molecular formula is C11H20N2O. The maximum atomic E-state index is 7.86. The van der Waals surface area contributed by atoms with Gasteiger partial charge in [0.2, 0.25) is 0 Å². The number of hydrogen-bond acceptors (Lipinski definition) is 2. The minimum Gasteiger partial charge on any atom is -0.381 e. The maximum Gasteiger partial charge on any atom is 0.0961 e. The molecule has 0 aromatic rings. The van der Waals surface area contributed by atoms with Crippen molar-refractivity contribution in [3.05, 3.63) is 0 Å². The number of likely N-dealkylation sites (tertiary alicyclic amines) is 1. The first kappa shape index (κ1) is 9.97. The fourth-order valence-corrected chi connectivity index (χ4v) is 2.83. The van der Waals surface area contributed by atoms with Crippen molar-refractivity contribution in [3.63, 3.8) is 0 Å². The lowest BCUT2D eigenvalue weighted by molar-refractivity contribution is -0.121. The smallest absolute Gasteiger partial charge is 0.0961 e. The van der Waals surface area contributed by atoms with Gasteiger partial charge in [-0.05, 0) is 12.8 Å². The monoisotopic (exact) mass is 196 g/mol. The van der Waals surface area contributed by atoms with E-state index in [0.29, 0.717) is 12.1 Å². The Morgan fingerprint density at radius 1 is 1.50 bits per heavy atom. The molecule has 3 nitrogen and oxygen atoms in total. The highest BCUT2D eigenvalue weighted by Crippen LogP contribution is 2.46. The molecule has 1 N–H and O–H groups in total. The van der Waals surface area contributed by atoms with E-state index in [1.807, 2.05) is 0 Å².